The largest absolute Gasteiger partial charge is 0.496 e. The van der Waals surface area contributed by atoms with Crippen LogP contribution in [0.5, 0.6) is 11.5 Å². The number of benzene rings is 1. The van der Waals surface area contributed by atoms with Crippen molar-refractivity contribution >= 4 is 50.0 Å². The Labute approximate surface area is 308 Å². The number of sulfonamides is 1. The van der Waals surface area contributed by atoms with Crippen molar-refractivity contribution in [2.75, 3.05) is 20.7 Å². The molecule has 1 aromatic carbocycles. The number of allylic oxidation sites excluding steroid dienone is 1. The molecule has 3 amide bonds. The molecule has 0 bridgehead atoms. The summed E-state index contributed by atoms with van der Waals surface area (Å²) in [5.74, 6) is -1.63. The van der Waals surface area contributed by atoms with Gasteiger partial charge < -0.3 is 19.7 Å². The van der Waals surface area contributed by atoms with Gasteiger partial charge in [0.05, 0.1) is 35.4 Å². The van der Waals surface area contributed by atoms with Crippen LogP contribution in [0.4, 0.5) is 0 Å². The summed E-state index contributed by atoms with van der Waals surface area (Å²) in [6, 6.07) is 5.66. The number of thiazole rings is 1. The van der Waals surface area contributed by atoms with Gasteiger partial charge >= 0.3 is 0 Å². The Balaban J connectivity index is 1.21. The second-order valence-corrected chi connectivity index (χ2v) is 17.9. The normalized spacial score (nSPS) is 27.4. The molecule has 12 nitrogen and oxygen atoms in total. The highest BCUT2D eigenvalue weighted by Crippen LogP contribution is 2.47. The number of carbonyl (C=O) groups is 3. The number of rotatable bonds is 8. The van der Waals surface area contributed by atoms with Crippen molar-refractivity contribution < 1.29 is 32.3 Å². The number of aryl methyl sites for hydroxylation is 1. The number of nitrogens with one attached hydrogen (secondary N) is 2. The minimum Gasteiger partial charge on any atom is -0.496 e. The maximum Gasteiger partial charge on any atom is 0.259 e. The molecule has 0 saturated heterocycles. The molecule has 0 unspecified atom stereocenters. The fourth-order valence-corrected chi connectivity index (χ4v) is 9.85. The maximum atomic E-state index is 14.3. The molecule has 0 spiro atoms. The molecule has 278 valence electrons. The van der Waals surface area contributed by atoms with E-state index in [1.165, 1.54) is 11.3 Å². The standard InChI is InChI=1S/C38H47N5O7S2/c1-21(2)30-20-51-35(40-30)29-18-32(26-13-14-31(49-5)22(3)33(26)39-29)50-24-16-27-28(17-24)36(45)43(4)15-9-7-6-8-10-23-19-38(23,41-34(27)44)37(46)42-52(47,48)25-11-12-25/h8,10,13-14,18,20-21,23-25,27-28H,6-7,9,11-12,15-17,19H2,1-5H3,(H,41,44)(H,42,46)/b10-8-/t23-,24-,27-,28-,38-/m0/s1. The van der Waals surface area contributed by atoms with E-state index >= 15 is 0 Å². The van der Waals surface area contributed by atoms with Gasteiger partial charge in [0, 0.05) is 41.9 Å². The molecule has 3 heterocycles. The van der Waals surface area contributed by atoms with Crippen molar-refractivity contribution in [3.05, 3.63) is 47.0 Å². The van der Waals surface area contributed by atoms with Gasteiger partial charge in [-0.2, -0.15) is 0 Å². The average molecular weight is 750 g/mol. The minimum absolute atomic E-state index is 0.147. The average Bonchev–Trinajstić information content (AvgIpc) is 3.98. The Bertz CT molecular complexity index is 2040. The molecule has 5 atom stereocenters. The Morgan fingerprint density at radius 1 is 1.12 bits per heavy atom. The van der Waals surface area contributed by atoms with Crippen LogP contribution in [0, 0.1) is 24.7 Å². The van der Waals surface area contributed by atoms with Crippen molar-refractivity contribution in [1.82, 2.24) is 24.9 Å². The molecule has 3 saturated carbocycles. The van der Waals surface area contributed by atoms with E-state index < -0.39 is 50.6 Å². The third kappa shape index (κ3) is 7.03. The van der Waals surface area contributed by atoms with Gasteiger partial charge in [0.15, 0.2) is 0 Å². The van der Waals surface area contributed by atoms with E-state index in [4.69, 9.17) is 19.4 Å². The molecule has 0 radical (unpaired) electrons. The van der Waals surface area contributed by atoms with Crippen LogP contribution in [-0.2, 0) is 24.4 Å². The lowest BCUT2D eigenvalue weighted by molar-refractivity contribution is -0.140. The van der Waals surface area contributed by atoms with Crippen LogP contribution >= 0.6 is 11.3 Å². The summed E-state index contributed by atoms with van der Waals surface area (Å²) >= 11 is 1.51. The zero-order valence-electron chi connectivity index (χ0n) is 30.3. The van der Waals surface area contributed by atoms with Gasteiger partial charge in [-0.1, -0.05) is 26.0 Å². The Kier molecular flexibility index (Phi) is 9.83. The number of hydrogen-bond donors (Lipinski definition) is 2. The summed E-state index contributed by atoms with van der Waals surface area (Å²) < 4.78 is 40.2. The predicted octanol–water partition coefficient (Wildman–Crippen LogP) is 5.25. The highest BCUT2D eigenvalue weighted by Gasteiger charge is 2.62. The molecule has 14 heteroatoms. The number of carbonyl (C=O) groups excluding carboxylic acids is 3. The smallest absolute Gasteiger partial charge is 0.259 e. The lowest BCUT2D eigenvalue weighted by Crippen LogP contribution is -2.54. The van der Waals surface area contributed by atoms with Crippen LogP contribution in [0.3, 0.4) is 0 Å². The summed E-state index contributed by atoms with van der Waals surface area (Å²) in [5.41, 5.74) is 1.79. The van der Waals surface area contributed by atoms with Gasteiger partial charge in [-0.25, -0.2) is 18.4 Å². The first-order chi connectivity index (χ1) is 24.8. The quantitative estimate of drug-likeness (QED) is 0.294. The summed E-state index contributed by atoms with van der Waals surface area (Å²) in [5, 5.41) is 5.95. The molecule has 2 N–H and O–H groups in total. The van der Waals surface area contributed by atoms with Crippen LogP contribution in [-0.4, -0.2) is 78.6 Å². The number of ether oxygens (including phenoxy) is 2. The van der Waals surface area contributed by atoms with Crippen LogP contribution in [0.2, 0.25) is 0 Å². The Hall–Kier alpha value is -4.04. The lowest BCUT2D eigenvalue weighted by atomic mass is 9.93. The number of aromatic nitrogens is 2. The van der Waals surface area contributed by atoms with Gasteiger partial charge in [0.2, 0.25) is 21.8 Å². The fraction of sp³-hybridized carbons (Fsp3) is 0.553. The van der Waals surface area contributed by atoms with Crippen molar-refractivity contribution in [2.45, 2.75) is 94.9 Å². The van der Waals surface area contributed by atoms with Crippen LogP contribution in [0.15, 0.2) is 35.7 Å². The Morgan fingerprint density at radius 2 is 1.88 bits per heavy atom. The second kappa shape index (κ2) is 14.1. The number of amides is 3. The topological polar surface area (TPSA) is 157 Å². The van der Waals surface area contributed by atoms with Gasteiger partial charge in [-0.3, -0.25) is 19.1 Å². The Morgan fingerprint density at radius 3 is 2.60 bits per heavy atom. The molecule has 1 aliphatic heterocycles. The second-order valence-electron chi connectivity index (χ2n) is 15.1. The SMILES string of the molecule is COc1ccc2c(O[C@H]3C[C@@H]4C(=O)N[C@@]5(C(=O)NS(=O)(=O)C6CC6)C[C@@H]5/C=C\CCCCN(C)C(=O)[C@H]4C3)cc(-c3nc(C(C)C)cs3)nc2c1C. The monoisotopic (exact) mass is 749 g/mol. The van der Waals surface area contributed by atoms with Crippen molar-refractivity contribution in [2.24, 2.45) is 17.8 Å². The minimum atomic E-state index is -3.83. The van der Waals surface area contributed by atoms with Crippen molar-refractivity contribution in [1.29, 1.82) is 0 Å². The van der Waals surface area contributed by atoms with Crippen LogP contribution < -0.4 is 19.5 Å². The first kappa shape index (κ1) is 36.3. The first-order valence-electron chi connectivity index (χ1n) is 18.2. The number of pyridine rings is 1. The van der Waals surface area contributed by atoms with E-state index in [9.17, 15) is 22.8 Å². The molecule has 7 rings (SSSR count). The molecular formula is C38H47N5O7S2. The summed E-state index contributed by atoms with van der Waals surface area (Å²) in [6.07, 6.45) is 7.61. The highest BCUT2D eigenvalue weighted by atomic mass is 32.2. The summed E-state index contributed by atoms with van der Waals surface area (Å²) in [4.78, 5) is 53.5. The molecule has 3 aromatic rings. The molecule has 4 aliphatic rings. The number of fused-ring (bicyclic) bond motifs is 3. The van der Waals surface area contributed by atoms with Gasteiger partial charge in [-0.15, -0.1) is 11.3 Å². The van der Waals surface area contributed by atoms with E-state index in [0.29, 0.717) is 48.5 Å². The van der Waals surface area contributed by atoms with E-state index in [1.54, 1.807) is 19.1 Å². The summed E-state index contributed by atoms with van der Waals surface area (Å²) in [6.45, 7) is 6.69. The third-order valence-corrected chi connectivity index (χ3v) is 13.7. The zero-order chi connectivity index (χ0) is 36.9. The molecule has 3 aliphatic carbocycles. The lowest BCUT2D eigenvalue weighted by Gasteiger charge is -2.26. The van der Waals surface area contributed by atoms with Crippen molar-refractivity contribution in [3.8, 4) is 22.2 Å². The van der Waals surface area contributed by atoms with E-state index in [1.807, 2.05) is 42.7 Å². The van der Waals surface area contributed by atoms with Crippen LogP contribution in [0.1, 0.15) is 82.4 Å². The first-order valence-corrected chi connectivity index (χ1v) is 20.6. The zero-order valence-corrected chi connectivity index (χ0v) is 31.9. The molecule has 3 fully saturated rings. The molecular weight excluding hydrogens is 703 g/mol. The van der Waals surface area contributed by atoms with Crippen LogP contribution in [0.25, 0.3) is 21.6 Å². The maximum absolute atomic E-state index is 14.3. The fourth-order valence-electron chi connectivity index (χ4n) is 7.55. The van der Waals surface area contributed by atoms with Gasteiger partial charge in [-0.05, 0) is 76.3 Å². The highest BCUT2D eigenvalue weighted by molar-refractivity contribution is 7.91. The van der Waals surface area contributed by atoms with Gasteiger partial charge in [0.25, 0.3) is 5.91 Å². The number of methoxy groups -OCH3 is 1. The molecule has 2 aromatic heterocycles. The van der Waals surface area contributed by atoms with E-state index in [-0.39, 0.29) is 30.6 Å². The van der Waals surface area contributed by atoms with E-state index in [2.05, 4.69) is 23.9 Å². The van der Waals surface area contributed by atoms with Gasteiger partial charge in [0.1, 0.15) is 33.8 Å². The van der Waals surface area contributed by atoms with E-state index in [0.717, 1.165) is 40.9 Å². The predicted molar refractivity (Wildman–Crippen MR) is 199 cm³/mol. The van der Waals surface area contributed by atoms with Crippen molar-refractivity contribution in [3.63, 3.8) is 0 Å². The molecule has 52 heavy (non-hydrogen) atoms. The summed E-state index contributed by atoms with van der Waals surface area (Å²) in [7, 11) is -0.445. The number of nitrogens with zero attached hydrogens (tertiary/aromatic N) is 3. The third-order valence-electron chi connectivity index (χ3n) is 11.0. The number of hydrogen-bond acceptors (Lipinski definition) is 10.